The molecule has 2 heterocycles. The molecule has 4 nitrogen and oxygen atoms in total. The van der Waals surface area contributed by atoms with Crippen molar-refractivity contribution in [3.63, 3.8) is 0 Å². The number of hydrogen-bond donors (Lipinski definition) is 1. The van der Waals surface area contributed by atoms with Crippen molar-refractivity contribution in [2.75, 3.05) is 13.1 Å². The van der Waals surface area contributed by atoms with E-state index in [2.05, 4.69) is 13.8 Å². The van der Waals surface area contributed by atoms with Crippen LogP contribution in [-0.2, 0) is 0 Å². The summed E-state index contributed by atoms with van der Waals surface area (Å²) in [5.41, 5.74) is 2.55. The van der Waals surface area contributed by atoms with E-state index in [9.17, 15) is 9.90 Å². The molecule has 1 aromatic carbocycles. The number of nitrogens with zero attached hydrogens (tertiary/aromatic N) is 2. The maximum absolute atomic E-state index is 13.2. The number of pyridine rings is 1. The van der Waals surface area contributed by atoms with Crippen LogP contribution in [0.2, 0.25) is 0 Å². The Balaban J connectivity index is 1.99. The molecule has 0 saturated carbocycles. The molecule has 2 aromatic rings. The van der Waals surface area contributed by atoms with Gasteiger partial charge in [-0.15, -0.1) is 0 Å². The van der Waals surface area contributed by atoms with Crippen molar-refractivity contribution >= 4 is 16.8 Å². The molecule has 1 saturated heterocycles. The number of amides is 1. The number of aliphatic hydroxyl groups is 1. The number of likely N-dealkylation sites (tertiary alicyclic amines) is 1. The first-order valence-corrected chi connectivity index (χ1v) is 8.84. The highest BCUT2D eigenvalue weighted by Crippen LogP contribution is 2.26. The van der Waals surface area contributed by atoms with Gasteiger partial charge < -0.3 is 10.0 Å². The number of carbonyl (C=O) groups excluding carboxylic acids is 1. The van der Waals surface area contributed by atoms with E-state index in [1.165, 1.54) is 0 Å². The summed E-state index contributed by atoms with van der Waals surface area (Å²) < 4.78 is 0. The van der Waals surface area contributed by atoms with Gasteiger partial charge in [-0.3, -0.25) is 9.78 Å². The van der Waals surface area contributed by atoms with E-state index < -0.39 is 0 Å². The molecule has 0 aliphatic carbocycles. The van der Waals surface area contributed by atoms with Crippen LogP contribution in [-0.4, -0.2) is 40.1 Å². The van der Waals surface area contributed by atoms with Crippen LogP contribution < -0.4 is 0 Å². The van der Waals surface area contributed by atoms with Gasteiger partial charge in [0.1, 0.15) is 0 Å². The van der Waals surface area contributed by atoms with E-state index in [0.29, 0.717) is 6.54 Å². The van der Waals surface area contributed by atoms with Gasteiger partial charge in [0, 0.05) is 30.1 Å². The summed E-state index contributed by atoms with van der Waals surface area (Å²) in [6.07, 6.45) is 1.55. The fourth-order valence-electron chi connectivity index (χ4n) is 3.43. The van der Waals surface area contributed by atoms with Gasteiger partial charge >= 0.3 is 0 Å². The Morgan fingerprint density at radius 2 is 2.04 bits per heavy atom. The molecule has 24 heavy (non-hydrogen) atoms. The maximum Gasteiger partial charge on any atom is 0.254 e. The molecule has 1 aliphatic rings. The van der Waals surface area contributed by atoms with Gasteiger partial charge in [0.25, 0.3) is 5.91 Å². The van der Waals surface area contributed by atoms with E-state index in [4.69, 9.17) is 4.98 Å². The molecule has 128 valence electrons. The Labute approximate surface area is 143 Å². The van der Waals surface area contributed by atoms with Crippen molar-refractivity contribution in [2.24, 2.45) is 5.92 Å². The second kappa shape index (κ2) is 6.89. The van der Waals surface area contributed by atoms with Gasteiger partial charge in [0.05, 0.1) is 17.2 Å². The standard InChI is InChI=1S/C20H26N2O2/c1-13(2)19-11-17(16-8-4-5-9-18(16)21-19)20(24)22-10-6-7-15(12-22)14(3)23/h4-5,8-9,11,13-15,23H,6-7,10,12H2,1-3H3. The minimum Gasteiger partial charge on any atom is -0.393 e. The number of aliphatic hydroxyl groups excluding tert-OH is 1. The highest BCUT2D eigenvalue weighted by molar-refractivity contribution is 6.06. The molecule has 1 amide bonds. The van der Waals surface area contributed by atoms with Gasteiger partial charge in [0.2, 0.25) is 0 Å². The largest absolute Gasteiger partial charge is 0.393 e. The SMILES string of the molecule is CC(C)c1cc(C(=O)N2CCCC(C(C)O)C2)c2ccccc2n1. The number of rotatable bonds is 3. The second-order valence-corrected chi connectivity index (χ2v) is 7.16. The Kier molecular flexibility index (Phi) is 4.86. The average molecular weight is 326 g/mol. The third-order valence-electron chi connectivity index (χ3n) is 4.99. The van der Waals surface area contributed by atoms with E-state index in [1.807, 2.05) is 42.2 Å². The van der Waals surface area contributed by atoms with Crippen LogP contribution >= 0.6 is 0 Å². The predicted molar refractivity (Wildman–Crippen MR) is 96.1 cm³/mol. The molecule has 4 heteroatoms. The molecule has 1 fully saturated rings. The second-order valence-electron chi connectivity index (χ2n) is 7.16. The average Bonchev–Trinajstić information content (AvgIpc) is 2.60. The van der Waals surface area contributed by atoms with Crippen molar-refractivity contribution < 1.29 is 9.90 Å². The Hall–Kier alpha value is -1.94. The fourth-order valence-corrected chi connectivity index (χ4v) is 3.43. The van der Waals surface area contributed by atoms with Gasteiger partial charge in [-0.2, -0.15) is 0 Å². The molecule has 0 bridgehead atoms. The first-order valence-electron chi connectivity index (χ1n) is 8.84. The molecule has 0 spiro atoms. The number of carbonyl (C=O) groups is 1. The van der Waals surface area contributed by atoms with Crippen LogP contribution in [0, 0.1) is 5.92 Å². The number of para-hydroxylation sites is 1. The normalized spacial score (nSPS) is 19.7. The molecular weight excluding hydrogens is 300 g/mol. The van der Waals surface area contributed by atoms with Gasteiger partial charge in [-0.1, -0.05) is 32.0 Å². The van der Waals surface area contributed by atoms with E-state index in [0.717, 1.165) is 41.5 Å². The lowest BCUT2D eigenvalue weighted by Gasteiger charge is -2.34. The maximum atomic E-state index is 13.2. The first kappa shape index (κ1) is 16.9. The number of aromatic nitrogens is 1. The summed E-state index contributed by atoms with van der Waals surface area (Å²) >= 11 is 0. The molecule has 1 N–H and O–H groups in total. The Morgan fingerprint density at radius 1 is 1.29 bits per heavy atom. The summed E-state index contributed by atoms with van der Waals surface area (Å²) in [6, 6.07) is 9.78. The summed E-state index contributed by atoms with van der Waals surface area (Å²) in [4.78, 5) is 19.8. The zero-order valence-electron chi connectivity index (χ0n) is 14.7. The topological polar surface area (TPSA) is 53.4 Å². The summed E-state index contributed by atoms with van der Waals surface area (Å²) in [6.45, 7) is 7.39. The third-order valence-corrected chi connectivity index (χ3v) is 4.99. The first-order chi connectivity index (χ1) is 11.5. The summed E-state index contributed by atoms with van der Waals surface area (Å²) in [7, 11) is 0. The molecule has 1 aromatic heterocycles. The molecule has 0 radical (unpaired) electrons. The Morgan fingerprint density at radius 3 is 2.75 bits per heavy atom. The predicted octanol–water partition coefficient (Wildman–Crippen LogP) is 3.59. The number of benzene rings is 1. The van der Waals surface area contributed by atoms with Crippen molar-refractivity contribution in [3.05, 3.63) is 41.6 Å². The minimum atomic E-state index is -0.374. The van der Waals surface area contributed by atoms with Crippen LogP contribution in [0.15, 0.2) is 30.3 Å². The molecule has 2 unspecified atom stereocenters. The highest BCUT2D eigenvalue weighted by Gasteiger charge is 2.28. The number of hydrogen-bond acceptors (Lipinski definition) is 3. The van der Waals surface area contributed by atoms with E-state index >= 15 is 0 Å². The third kappa shape index (κ3) is 3.29. The van der Waals surface area contributed by atoms with Crippen molar-refractivity contribution in [1.29, 1.82) is 0 Å². The van der Waals surface area contributed by atoms with Crippen LogP contribution in [0.3, 0.4) is 0 Å². The monoisotopic (exact) mass is 326 g/mol. The smallest absolute Gasteiger partial charge is 0.254 e. The lowest BCUT2D eigenvalue weighted by atomic mass is 9.92. The van der Waals surface area contributed by atoms with E-state index in [-0.39, 0.29) is 23.8 Å². The lowest BCUT2D eigenvalue weighted by molar-refractivity contribution is 0.0467. The summed E-state index contributed by atoms with van der Waals surface area (Å²) in [5, 5.41) is 10.8. The van der Waals surface area contributed by atoms with Crippen molar-refractivity contribution in [1.82, 2.24) is 9.88 Å². The van der Waals surface area contributed by atoms with Crippen LogP contribution in [0.25, 0.3) is 10.9 Å². The van der Waals surface area contributed by atoms with Gasteiger partial charge in [-0.25, -0.2) is 0 Å². The number of piperidine rings is 1. The molecular formula is C20H26N2O2. The highest BCUT2D eigenvalue weighted by atomic mass is 16.3. The van der Waals surface area contributed by atoms with Crippen molar-refractivity contribution in [2.45, 2.75) is 45.6 Å². The van der Waals surface area contributed by atoms with Crippen molar-refractivity contribution in [3.8, 4) is 0 Å². The Bertz CT molecular complexity index is 739. The van der Waals surface area contributed by atoms with E-state index in [1.54, 1.807) is 0 Å². The zero-order valence-corrected chi connectivity index (χ0v) is 14.7. The molecule has 3 rings (SSSR count). The fraction of sp³-hybridized carbons (Fsp3) is 0.500. The number of fused-ring (bicyclic) bond motifs is 1. The van der Waals surface area contributed by atoms with Crippen LogP contribution in [0.4, 0.5) is 0 Å². The van der Waals surface area contributed by atoms with Crippen LogP contribution in [0.1, 0.15) is 55.6 Å². The molecule has 1 aliphatic heterocycles. The quantitative estimate of drug-likeness (QED) is 0.938. The summed E-state index contributed by atoms with van der Waals surface area (Å²) in [5.74, 6) is 0.494. The minimum absolute atomic E-state index is 0.0563. The van der Waals surface area contributed by atoms with Crippen LogP contribution in [0.5, 0.6) is 0 Å². The molecule has 2 atom stereocenters. The lowest BCUT2D eigenvalue weighted by Crippen LogP contribution is -2.43. The zero-order chi connectivity index (χ0) is 17.3. The van der Waals surface area contributed by atoms with Gasteiger partial charge in [-0.05, 0) is 37.8 Å². The van der Waals surface area contributed by atoms with Gasteiger partial charge in [0.15, 0.2) is 0 Å².